The van der Waals surface area contributed by atoms with Crippen LogP contribution in [0.4, 0.5) is 5.69 Å². The first-order chi connectivity index (χ1) is 12.8. The fourth-order valence-electron chi connectivity index (χ4n) is 4.22. The Kier molecular flexibility index (Phi) is 3.43. The predicted octanol–water partition coefficient (Wildman–Crippen LogP) is 2.65. The van der Waals surface area contributed by atoms with Gasteiger partial charge >= 0.3 is 0 Å². The van der Waals surface area contributed by atoms with Gasteiger partial charge in [0.2, 0.25) is 5.91 Å². The molecule has 3 aromatic rings. The van der Waals surface area contributed by atoms with Crippen molar-refractivity contribution in [1.29, 1.82) is 0 Å². The highest BCUT2D eigenvalue weighted by Crippen LogP contribution is 2.45. The van der Waals surface area contributed by atoms with Gasteiger partial charge in [0.1, 0.15) is 0 Å². The monoisotopic (exact) mass is 344 g/mol. The first-order valence-electron chi connectivity index (χ1n) is 8.99. The summed E-state index contributed by atoms with van der Waals surface area (Å²) in [6.45, 7) is 2.22. The number of carbonyl (C=O) groups is 1. The lowest BCUT2D eigenvalue weighted by Gasteiger charge is -2.23. The van der Waals surface area contributed by atoms with Gasteiger partial charge in [0, 0.05) is 24.6 Å². The smallest absolute Gasteiger partial charge is 0.239 e. The van der Waals surface area contributed by atoms with Gasteiger partial charge in [-0.3, -0.25) is 4.79 Å². The number of aromatic nitrogens is 2. The number of rotatable bonds is 3. The van der Waals surface area contributed by atoms with Crippen molar-refractivity contribution in [1.82, 2.24) is 15.1 Å². The number of fused-ring (bicyclic) bond motifs is 2. The summed E-state index contributed by atoms with van der Waals surface area (Å²) >= 11 is 0. The molecule has 0 saturated carbocycles. The summed E-state index contributed by atoms with van der Waals surface area (Å²) in [5.74, 6) is 0.222. The zero-order chi connectivity index (χ0) is 17.6. The molecule has 0 aliphatic carbocycles. The van der Waals surface area contributed by atoms with Crippen LogP contribution < -0.4 is 10.2 Å². The quantitative estimate of drug-likeness (QED) is 0.795. The molecule has 5 rings (SSSR count). The first kappa shape index (κ1) is 15.3. The van der Waals surface area contributed by atoms with Crippen LogP contribution in [0.15, 0.2) is 67.0 Å². The van der Waals surface area contributed by atoms with E-state index in [1.165, 1.54) is 5.56 Å². The van der Waals surface area contributed by atoms with Gasteiger partial charge in [-0.05, 0) is 48.4 Å². The van der Waals surface area contributed by atoms with Crippen LogP contribution in [0, 0.1) is 0 Å². The Morgan fingerprint density at radius 1 is 1.08 bits per heavy atom. The van der Waals surface area contributed by atoms with E-state index in [1.807, 2.05) is 46.1 Å². The van der Waals surface area contributed by atoms with Crippen LogP contribution in [0.3, 0.4) is 0 Å². The van der Waals surface area contributed by atoms with E-state index in [-0.39, 0.29) is 11.3 Å². The molecule has 2 aromatic carbocycles. The molecule has 26 heavy (non-hydrogen) atoms. The van der Waals surface area contributed by atoms with E-state index >= 15 is 0 Å². The Bertz CT molecular complexity index is 940. The van der Waals surface area contributed by atoms with Crippen molar-refractivity contribution in [3.05, 3.63) is 78.1 Å². The molecule has 1 N–H and O–H groups in total. The van der Waals surface area contributed by atoms with E-state index < -0.39 is 0 Å². The molecule has 1 fully saturated rings. The van der Waals surface area contributed by atoms with Gasteiger partial charge in [-0.25, -0.2) is 4.68 Å². The minimum atomic E-state index is -0.383. The molecule has 1 atom stereocenters. The van der Waals surface area contributed by atoms with E-state index in [1.54, 1.807) is 6.20 Å². The van der Waals surface area contributed by atoms with Crippen molar-refractivity contribution in [2.75, 3.05) is 18.0 Å². The van der Waals surface area contributed by atoms with Crippen molar-refractivity contribution in [3.63, 3.8) is 0 Å². The number of anilines is 1. The lowest BCUT2D eigenvalue weighted by molar-refractivity contribution is -0.122. The third-order valence-corrected chi connectivity index (χ3v) is 5.57. The van der Waals surface area contributed by atoms with E-state index in [2.05, 4.69) is 34.7 Å². The maximum Gasteiger partial charge on any atom is 0.239 e. The molecule has 0 radical (unpaired) electrons. The number of carbonyl (C=O) groups excluding carboxylic acids is 1. The number of nitrogens with one attached hydrogen (secondary N) is 1. The molecule has 5 nitrogen and oxygen atoms in total. The molecule has 1 aromatic heterocycles. The van der Waals surface area contributed by atoms with Crippen molar-refractivity contribution in [2.24, 2.45) is 0 Å². The van der Waals surface area contributed by atoms with E-state index in [0.29, 0.717) is 6.54 Å². The van der Waals surface area contributed by atoms with Gasteiger partial charge in [-0.15, -0.1) is 0 Å². The molecule has 1 unspecified atom stereocenters. The molecule has 3 heterocycles. The second-order valence-electron chi connectivity index (χ2n) is 7.03. The highest BCUT2D eigenvalue weighted by Gasteiger charge is 2.52. The van der Waals surface area contributed by atoms with Crippen LogP contribution in [-0.4, -0.2) is 28.8 Å². The molecule has 5 heteroatoms. The molecule has 1 saturated heterocycles. The van der Waals surface area contributed by atoms with Crippen molar-refractivity contribution in [3.8, 4) is 5.69 Å². The zero-order valence-corrected chi connectivity index (χ0v) is 14.4. The highest BCUT2D eigenvalue weighted by molar-refractivity contribution is 6.08. The van der Waals surface area contributed by atoms with Crippen molar-refractivity contribution >= 4 is 11.6 Å². The van der Waals surface area contributed by atoms with Crippen LogP contribution in [0.1, 0.15) is 17.5 Å². The van der Waals surface area contributed by atoms with Gasteiger partial charge in [0.15, 0.2) is 0 Å². The molecule has 2 aliphatic rings. The highest BCUT2D eigenvalue weighted by atomic mass is 16.2. The summed E-state index contributed by atoms with van der Waals surface area (Å²) in [4.78, 5) is 15.3. The lowest BCUT2D eigenvalue weighted by Crippen LogP contribution is -2.41. The van der Waals surface area contributed by atoms with Crippen LogP contribution >= 0.6 is 0 Å². The van der Waals surface area contributed by atoms with Gasteiger partial charge in [0.25, 0.3) is 0 Å². The minimum Gasteiger partial charge on any atom is -0.315 e. The molecule has 0 bridgehead atoms. The molecule has 1 amide bonds. The van der Waals surface area contributed by atoms with Gasteiger partial charge < -0.3 is 10.2 Å². The van der Waals surface area contributed by atoms with Gasteiger partial charge in [-0.2, -0.15) is 5.10 Å². The predicted molar refractivity (Wildman–Crippen MR) is 100 cm³/mol. The Morgan fingerprint density at radius 2 is 1.92 bits per heavy atom. The Hall–Kier alpha value is -2.92. The van der Waals surface area contributed by atoms with Crippen LogP contribution in [-0.2, 0) is 16.8 Å². The number of para-hydroxylation sites is 1. The van der Waals surface area contributed by atoms with E-state index in [0.717, 1.165) is 36.4 Å². The summed E-state index contributed by atoms with van der Waals surface area (Å²) in [5, 5.41) is 7.63. The standard InChI is InChI=1S/C21H20N4O/c26-20-21(10-12-22-15-21)18-4-1-2-5-19(18)24(20)14-16-6-8-17(9-7-16)25-13-3-11-23-25/h1-9,11,13,22H,10,12,14-15H2. The normalized spacial score (nSPS) is 21.5. The van der Waals surface area contributed by atoms with Crippen molar-refractivity contribution in [2.45, 2.75) is 18.4 Å². The second-order valence-corrected chi connectivity index (χ2v) is 7.03. The average molecular weight is 344 g/mol. The summed E-state index contributed by atoms with van der Waals surface area (Å²) in [7, 11) is 0. The molecule has 1 spiro atoms. The topological polar surface area (TPSA) is 50.2 Å². The minimum absolute atomic E-state index is 0.222. The van der Waals surface area contributed by atoms with E-state index in [9.17, 15) is 4.79 Å². The lowest BCUT2D eigenvalue weighted by atomic mass is 9.81. The number of hydrogen-bond acceptors (Lipinski definition) is 3. The fraction of sp³-hybridized carbons (Fsp3) is 0.238. The summed E-state index contributed by atoms with van der Waals surface area (Å²) < 4.78 is 1.83. The average Bonchev–Trinajstić information content (AvgIpc) is 3.42. The molecule has 130 valence electrons. The summed E-state index contributed by atoms with van der Waals surface area (Å²) in [6, 6.07) is 18.4. The number of benzene rings is 2. The van der Waals surface area contributed by atoms with Gasteiger partial charge in [0.05, 0.1) is 17.6 Å². The SMILES string of the molecule is O=C1N(Cc2ccc(-n3cccn3)cc2)c2ccccc2C12CCNC2. The first-order valence-corrected chi connectivity index (χ1v) is 8.99. The largest absolute Gasteiger partial charge is 0.315 e. The zero-order valence-electron chi connectivity index (χ0n) is 14.4. The third kappa shape index (κ3) is 2.21. The Morgan fingerprint density at radius 3 is 2.65 bits per heavy atom. The number of hydrogen-bond donors (Lipinski definition) is 1. The maximum atomic E-state index is 13.3. The van der Waals surface area contributed by atoms with Crippen LogP contribution in [0.5, 0.6) is 0 Å². The molecular weight excluding hydrogens is 324 g/mol. The van der Waals surface area contributed by atoms with E-state index in [4.69, 9.17) is 0 Å². The van der Waals surface area contributed by atoms with Crippen molar-refractivity contribution < 1.29 is 4.79 Å². The van der Waals surface area contributed by atoms with Crippen LogP contribution in [0.25, 0.3) is 5.69 Å². The Balaban J connectivity index is 1.46. The molecular formula is C21H20N4O. The number of amides is 1. The summed E-state index contributed by atoms with van der Waals surface area (Å²) in [6.07, 6.45) is 4.56. The van der Waals surface area contributed by atoms with Crippen LogP contribution in [0.2, 0.25) is 0 Å². The van der Waals surface area contributed by atoms with Gasteiger partial charge in [-0.1, -0.05) is 30.3 Å². The third-order valence-electron chi connectivity index (χ3n) is 5.57. The molecule has 2 aliphatic heterocycles. The number of nitrogens with zero attached hydrogens (tertiary/aromatic N) is 3. The maximum absolute atomic E-state index is 13.3. The second kappa shape index (κ2) is 5.81. The Labute approximate surface area is 152 Å². The fourth-order valence-corrected chi connectivity index (χ4v) is 4.22. The summed E-state index contributed by atoms with van der Waals surface area (Å²) in [5.41, 5.74) is 3.97.